The normalized spacial score (nSPS) is 10.6. The summed E-state index contributed by atoms with van der Waals surface area (Å²) < 4.78 is 1.58. The average molecular weight is 340 g/mol. The molecule has 2 rings (SSSR count). The minimum absolute atomic E-state index is 0.133. The van der Waals surface area contributed by atoms with Crippen LogP contribution in [0.15, 0.2) is 27.7 Å². The fourth-order valence-corrected chi connectivity index (χ4v) is 2.08. The molecule has 0 bridgehead atoms. The van der Waals surface area contributed by atoms with Crippen molar-refractivity contribution in [3.8, 4) is 0 Å². The number of hydrogen-bond donors (Lipinski definition) is 2. The Morgan fingerprint density at radius 1 is 1.50 bits per heavy atom. The van der Waals surface area contributed by atoms with Crippen LogP contribution in [0.5, 0.6) is 0 Å². The Morgan fingerprint density at radius 2 is 2.30 bits per heavy atom. The van der Waals surface area contributed by atoms with Gasteiger partial charge in [0.15, 0.2) is 0 Å². The highest BCUT2D eigenvalue weighted by atomic mass is 79.9. The van der Waals surface area contributed by atoms with Crippen LogP contribution in [0.4, 0.5) is 5.69 Å². The third kappa shape index (κ3) is 3.40. The number of aromatic nitrogens is 4. The van der Waals surface area contributed by atoms with E-state index in [1.54, 1.807) is 12.3 Å². The number of aliphatic hydroxyl groups is 1. The molecular formula is C12H14BrN5O2. The fourth-order valence-electron chi connectivity index (χ4n) is 1.63. The smallest absolute Gasteiger partial charge is 0.283 e. The molecule has 0 atom stereocenters. The van der Waals surface area contributed by atoms with Crippen molar-refractivity contribution in [1.29, 1.82) is 0 Å². The van der Waals surface area contributed by atoms with Gasteiger partial charge in [0, 0.05) is 6.20 Å². The molecule has 0 amide bonds. The second-order valence-electron chi connectivity index (χ2n) is 4.07. The van der Waals surface area contributed by atoms with Crippen LogP contribution in [0.3, 0.4) is 0 Å². The highest BCUT2D eigenvalue weighted by Crippen LogP contribution is 2.16. The van der Waals surface area contributed by atoms with Crippen molar-refractivity contribution in [1.82, 2.24) is 19.7 Å². The molecule has 2 N–H and O–H groups in total. The minimum Gasteiger partial charge on any atom is -0.394 e. The maximum atomic E-state index is 11.9. The van der Waals surface area contributed by atoms with E-state index < -0.39 is 0 Å². The Balaban J connectivity index is 2.14. The summed E-state index contributed by atoms with van der Waals surface area (Å²) in [6, 6.07) is 1.80. The number of anilines is 1. The number of nitrogens with one attached hydrogen (secondary N) is 1. The Hall–Kier alpha value is -1.80. The average Bonchev–Trinajstić information content (AvgIpc) is 2.43. The first kappa shape index (κ1) is 14.6. The molecule has 0 aliphatic carbocycles. The number of nitrogens with zero attached hydrogens (tertiary/aromatic N) is 4. The number of aryl methyl sites for hydroxylation is 1. The lowest BCUT2D eigenvalue weighted by Crippen LogP contribution is -2.25. The van der Waals surface area contributed by atoms with Gasteiger partial charge in [-0.1, -0.05) is 0 Å². The molecule has 0 unspecified atom stereocenters. The maximum absolute atomic E-state index is 11.9. The van der Waals surface area contributed by atoms with E-state index in [-0.39, 0.29) is 18.7 Å². The second-order valence-corrected chi connectivity index (χ2v) is 4.87. The van der Waals surface area contributed by atoms with Gasteiger partial charge in [-0.2, -0.15) is 5.10 Å². The molecule has 0 saturated carbocycles. The van der Waals surface area contributed by atoms with Gasteiger partial charge in [0.25, 0.3) is 5.56 Å². The molecule has 0 aliphatic rings. The highest BCUT2D eigenvalue weighted by molar-refractivity contribution is 9.10. The van der Waals surface area contributed by atoms with Crippen LogP contribution in [0.2, 0.25) is 0 Å². The summed E-state index contributed by atoms with van der Waals surface area (Å²) in [6.07, 6.45) is 3.22. The topological polar surface area (TPSA) is 92.9 Å². The molecule has 0 spiro atoms. The van der Waals surface area contributed by atoms with Gasteiger partial charge in [0.1, 0.15) is 10.3 Å². The lowest BCUT2D eigenvalue weighted by Gasteiger charge is -2.09. The van der Waals surface area contributed by atoms with Gasteiger partial charge < -0.3 is 10.4 Å². The van der Waals surface area contributed by atoms with E-state index >= 15 is 0 Å². The van der Waals surface area contributed by atoms with Crippen molar-refractivity contribution in [2.24, 2.45) is 0 Å². The number of halogens is 1. The van der Waals surface area contributed by atoms with Crippen LogP contribution in [0.1, 0.15) is 11.5 Å². The van der Waals surface area contributed by atoms with E-state index in [1.165, 1.54) is 10.9 Å². The van der Waals surface area contributed by atoms with Crippen molar-refractivity contribution in [3.63, 3.8) is 0 Å². The zero-order chi connectivity index (χ0) is 14.5. The summed E-state index contributed by atoms with van der Waals surface area (Å²) in [5.74, 6) is 0.694. The standard InChI is InChI=1S/C12H14BrN5O2/c1-8-14-3-2-9(17-8)6-15-10-7-16-18(4-5-19)12(20)11(10)13/h2-3,7,15,19H,4-6H2,1H3. The van der Waals surface area contributed by atoms with E-state index in [9.17, 15) is 4.79 Å². The summed E-state index contributed by atoms with van der Waals surface area (Å²) in [5.41, 5.74) is 1.12. The van der Waals surface area contributed by atoms with Crippen LogP contribution in [-0.4, -0.2) is 31.5 Å². The highest BCUT2D eigenvalue weighted by Gasteiger charge is 2.08. The SMILES string of the molecule is Cc1nccc(CNc2cnn(CCO)c(=O)c2Br)n1. The van der Waals surface area contributed by atoms with Gasteiger partial charge in [-0.25, -0.2) is 14.6 Å². The van der Waals surface area contributed by atoms with E-state index in [0.29, 0.717) is 22.5 Å². The zero-order valence-corrected chi connectivity index (χ0v) is 12.5. The zero-order valence-electron chi connectivity index (χ0n) is 10.9. The van der Waals surface area contributed by atoms with Gasteiger partial charge >= 0.3 is 0 Å². The van der Waals surface area contributed by atoms with Gasteiger partial charge in [-0.3, -0.25) is 4.79 Å². The van der Waals surface area contributed by atoms with Gasteiger partial charge in [-0.15, -0.1) is 0 Å². The summed E-state index contributed by atoms with van der Waals surface area (Å²) in [6.45, 7) is 2.32. The van der Waals surface area contributed by atoms with Crippen molar-refractivity contribution < 1.29 is 5.11 Å². The first-order valence-corrected chi connectivity index (χ1v) is 6.80. The first-order chi connectivity index (χ1) is 9.61. The molecular weight excluding hydrogens is 326 g/mol. The van der Waals surface area contributed by atoms with Gasteiger partial charge in [0.2, 0.25) is 0 Å². The fraction of sp³-hybridized carbons (Fsp3) is 0.333. The summed E-state index contributed by atoms with van der Waals surface area (Å²) >= 11 is 3.24. The maximum Gasteiger partial charge on any atom is 0.283 e. The van der Waals surface area contributed by atoms with E-state index in [0.717, 1.165) is 5.69 Å². The van der Waals surface area contributed by atoms with Crippen molar-refractivity contribution in [2.45, 2.75) is 20.0 Å². The number of rotatable bonds is 5. The second kappa shape index (κ2) is 6.58. The van der Waals surface area contributed by atoms with E-state index in [1.807, 2.05) is 6.92 Å². The van der Waals surface area contributed by atoms with Gasteiger partial charge in [-0.05, 0) is 28.9 Å². The molecule has 2 heterocycles. The van der Waals surface area contributed by atoms with Crippen molar-refractivity contribution >= 4 is 21.6 Å². The van der Waals surface area contributed by atoms with Crippen LogP contribution in [0.25, 0.3) is 0 Å². The van der Waals surface area contributed by atoms with E-state index in [4.69, 9.17) is 5.11 Å². The molecule has 106 valence electrons. The number of aliphatic hydroxyl groups excluding tert-OH is 1. The van der Waals surface area contributed by atoms with Crippen LogP contribution in [0, 0.1) is 6.92 Å². The lowest BCUT2D eigenvalue weighted by molar-refractivity contribution is 0.266. The van der Waals surface area contributed by atoms with Crippen molar-refractivity contribution in [3.05, 3.63) is 44.8 Å². The van der Waals surface area contributed by atoms with Crippen LogP contribution in [-0.2, 0) is 13.1 Å². The molecule has 20 heavy (non-hydrogen) atoms. The molecule has 0 saturated heterocycles. The molecule has 0 radical (unpaired) electrons. The summed E-state index contributed by atoms with van der Waals surface area (Å²) in [4.78, 5) is 20.2. The van der Waals surface area contributed by atoms with Gasteiger partial charge in [0.05, 0.1) is 37.3 Å². The molecule has 2 aromatic rings. The largest absolute Gasteiger partial charge is 0.394 e. The molecule has 7 nitrogen and oxygen atoms in total. The predicted octanol–water partition coefficient (Wildman–Crippen LogP) is 0.709. The third-order valence-corrected chi connectivity index (χ3v) is 3.36. The Kier molecular flexibility index (Phi) is 4.80. The third-order valence-electron chi connectivity index (χ3n) is 2.59. The first-order valence-electron chi connectivity index (χ1n) is 6.00. The number of hydrogen-bond acceptors (Lipinski definition) is 6. The van der Waals surface area contributed by atoms with E-state index in [2.05, 4.69) is 36.3 Å². The molecule has 2 aromatic heterocycles. The molecule has 8 heteroatoms. The Morgan fingerprint density at radius 3 is 3.00 bits per heavy atom. The minimum atomic E-state index is -0.289. The molecule has 0 aromatic carbocycles. The van der Waals surface area contributed by atoms with Crippen LogP contribution < -0.4 is 10.9 Å². The Bertz CT molecular complexity index is 659. The lowest BCUT2D eigenvalue weighted by atomic mass is 10.3. The summed E-state index contributed by atoms with van der Waals surface area (Å²) in [7, 11) is 0. The summed E-state index contributed by atoms with van der Waals surface area (Å²) in [5, 5.41) is 15.9. The molecule has 0 aliphatic heterocycles. The van der Waals surface area contributed by atoms with Crippen LogP contribution >= 0.6 is 15.9 Å². The Labute approximate surface area is 123 Å². The quantitative estimate of drug-likeness (QED) is 0.833. The van der Waals surface area contributed by atoms with Crippen molar-refractivity contribution in [2.75, 3.05) is 11.9 Å². The predicted molar refractivity (Wildman–Crippen MR) is 77.4 cm³/mol. The molecule has 0 fully saturated rings. The monoisotopic (exact) mass is 339 g/mol.